The number of fused-ring (bicyclic) bond motifs is 1. The van der Waals surface area contributed by atoms with Gasteiger partial charge < -0.3 is 13.7 Å². The van der Waals surface area contributed by atoms with E-state index in [9.17, 15) is 4.79 Å². The first-order valence-corrected chi connectivity index (χ1v) is 12.2. The fourth-order valence-electron chi connectivity index (χ4n) is 3.97. The van der Waals surface area contributed by atoms with E-state index in [1.165, 1.54) is 11.8 Å². The van der Waals surface area contributed by atoms with Gasteiger partial charge in [-0.15, -0.1) is 11.3 Å². The van der Waals surface area contributed by atoms with Crippen LogP contribution < -0.4 is 5.56 Å². The van der Waals surface area contributed by atoms with Crippen LogP contribution in [0.3, 0.4) is 0 Å². The van der Waals surface area contributed by atoms with Crippen molar-refractivity contribution in [3.8, 4) is 11.5 Å². The van der Waals surface area contributed by atoms with Gasteiger partial charge in [-0.3, -0.25) is 9.36 Å². The van der Waals surface area contributed by atoms with Crippen LogP contribution in [-0.4, -0.2) is 27.4 Å². The highest BCUT2D eigenvalue weighted by atomic mass is 32.2. The second-order valence-electron chi connectivity index (χ2n) is 7.56. The molecule has 0 unspecified atom stereocenters. The number of ether oxygens (including phenoxy) is 1. The van der Waals surface area contributed by atoms with Gasteiger partial charge in [0.05, 0.1) is 30.0 Å². The molecule has 0 aromatic carbocycles. The molecule has 1 saturated heterocycles. The summed E-state index contributed by atoms with van der Waals surface area (Å²) in [6.45, 7) is 5.43. The van der Waals surface area contributed by atoms with Crippen LogP contribution in [0.5, 0.6) is 0 Å². The van der Waals surface area contributed by atoms with Gasteiger partial charge in [0.15, 0.2) is 10.9 Å². The summed E-state index contributed by atoms with van der Waals surface area (Å²) in [6.07, 6.45) is 4.47. The Balaban J connectivity index is 1.48. The number of hydrogen-bond donors (Lipinski definition) is 0. The first kappa shape index (κ1) is 20.5. The molecule has 0 saturated carbocycles. The molecule has 1 fully saturated rings. The summed E-state index contributed by atoms with van der Waals surface area (Å²) in [5.74, 6) is 1.76. The number of nitrogens with zero attached hydrogens (tertiary/aromatic N) is 3. The van der Waals surface area contributed by atoms with E-state index >= 15 is 0 Å². The molecule has 0 N–H and O–H groups in total. The molecule has 1 aliphatic heterocycles. The predicted molar refractivity (Wildman–Crippen MR) is 121 cm³/mol. The molecule has 31 heavy (non-hydrogen) atoms. The zero-order valence-electron chi connectivity index (χ0n) is 17.4. The van der Waals surface area contributed by atoms with E-state index in [0.717, 1.165) is 52.2 Å². The van der Waals surface area contributed by atoms with Gasteiger partial charge in [-0.05, 0) is 43.9 Å². The highest BCUT2D eigenvalue weighted by molar-refractivity contribution is 7.98. The number of aryl methyl sites for hydroxylation is 2. The average molecular weight is 458 g/mol. The Hall–Kier alpha value is -2.36. The van der Waals surface area contributed by atoms with Gasteiger partial charge in [-0.2, -0.15) is 0 Å². The van der Waals surface area contributed by atoms with Gasteiger partial charge in [0.25, 0.3) is 5.56 Å². The zero-order chi connectivity index (χ0) is 21.4. The van der Waals surface area contributed by atoms with Crippen molar-refractivity contribution in [3.05, 3.63) is 51.0 Å². The van der Waals surface area contributed by atoms with E-state index in [2.05, 4.69) is 19.0 Å². The smallest absolute Gasteiger partial charge is 0.263 e. The first-order chi connectivity index (χ1) is 15.1. The largest absolute Gasteiger partial charge is 0.461 e. The van der Waals surface area contributed by atoms with Gasteiger partial charge >= 0.3 is 0 Å². The van der Waals surface area contributed by atoms with Crippen molar-refractivity contribution in [1.29, 1.82) is 0 Å². The summed E-state index contributed by atoms with van der Waals surface area (Å²) in [6, 6.07) is 5.50. The van der Waals surface area contributed by atoms with E-state index in [0.29, 0.717) is 29.0 Å². The standard InChI is InChI=1S/C22H23N3O4S2/c1-3-16-13(2)31-20-19(16)21(26)25(11-15-6-4-8-27-15)22(23-20)30-12-14-10-18(29-24-14)17-7-5-9-28-17/h5,7,9-10,15H,3-4,6,8,11-12H2,1-2H3/t15-/m1/s1. The molecule has 5 heterocycles. The second kappa shape index (κ2) is 8.64. The van der Waals surface area contributed by atoms with Gasteiger partial charge in [0.2, 0.25) is 5.76 Å². The Morgan fingerprint density at radius 3 is 3.00 bits per heavy atom. The lowest BCUT2D eigenvalue weighted by molar-refractivity contribution is 0.0937. The maximum Gasteiger partial charge on any atom is 0.263 e. The van der Waals surface area contributed by atoms with Crippen LogP contribution in [0.15, 0.2) is 43.4 Å². The molecule has 4 aromatic rings. The summed E-state index contributed by atoms with van der Waals surface area (Å²) in [7, 11) is 0. The average Bonchev–Trinajstić information content (AvgIpc) is 3.55. The normalized spacial score (nSPS) is 16.5. The number of thioether (sulfide) groups is 1. The maximum absolute atomic E-state index is 13.5. The van der Waals surface area contributed by atoms with Crippen molar-refractivity contribution in [2.75, 3.05) is 6.61 Å². The quantitative estimate of drug-likeness (QED) is 0.284. The van der Waals surface area contributed by atoms with E-state index in [-0.39, 0.29) is 11.7 Å². The van der Waals surface area contributed by atoms with Crippen LogP contribution in [-0.2, 0) is 23.5 Å². The van der Waals surface area contributed by atoms with Crippen LogP contribution in [0.4, 0.5) is 0 Å². The first-order valence-electron chi connectivity index (χ1n) is 10.4. The number of thiophene rings is 1. The third-order valence-electron chi connectivity index (χ3n) is 5.51. The van der Waals surface area contributed by atoms with Crippen LogP contribution >= 0.6 is 23.1 Å². The lowest BCUT2D eigenvalue weighted by Gasteiger charge is -2.15. The van der Waals surface area contributed by atoms with Crippen LogP contribution in [0, 0.1) is 6.92 Å². The monoisotopic (exact) mass is 457 g/mol. The van der Waals surface area contributed by atoms with E-state index < -0.39 is 0 Å². The summed E-state index contributed by atoms with van der Waals surface area (Å²) >= 11 is 3.09. The number of hydrogen-bond acceptors (Lipinski definition) is 8. The van der Waals surface area contributed by atoms with Crippen LogP contribution in [0.2, 0.25) is 0 Å². The molecule has 0 spiro atoms. The molecule has 0 bridgehead atoms. The Labute approximate surface area is 187 Å². The number of rotatable bonds is 7. The van der Waals surface area contributed by atoms with Crippen molar-refractivity contribution in [2.45, 2.75) is 56.7 Å². The van der Waals surface area contributed by atoms with Gasteiger partial charge in [-0.1, -0.05) is 23.8 Å². The lowest BCUT2D eigenvalue weighted by atomic mass is 10.1. The topological polar surface area (TPSA) is 83.3 Å². The molecular weight excluding hydrogens is 434 g/mol. The van der Waals surface area contributed by atoms with Crippen molar-refractivity contribution in [1.82, 2.24) is 14.7 Å². The fraction of sp³-hybridized carbons (Fsp3) is 0.409. The zero-order valence-corrected chi connectivity index (χ0v) is 19.1. The van der Waals surface area contributed by atoms with Crippen LogP contribution in [0.25, 0.3) is 21.7 Å². The molecule has 0 radical (unpaired) electrons. The van der Waals surface area contributed by atoms with Gasteiger partial charge in [-0.25, -0.2) is 4.98 Å². The second-order valence-corrected chi connectivity index (χ2v) is 9.71. The highest BCUT2D eigenvalue weighted by Gasteiger charge is 2.23. The number of furan rings is 1. The molecule has 9 heteroatoms. The Morgan fingerprint density at radius 1 is 1.35 bits per heavy atom. The summed E-state index contributed by atoms with van der Waals surface area (Å²) in [5, 5.41) is 5.60. The molecule has 1 aliphatic rings. The maximum atomic E-state index is 13.5. The van der Waals surface area contributed by atoms with Crippen molar-refractivity contribution in [3.63, 3.8) is 0 Å². The van der Waals surface area contributed by atoms with Crippen molar-refractivity contribution < 1.29 is 13.7 Å². The minimum Gasteiger partial charge on any atom is -0.461 e. The minimum absolute atomic E-state index is 0.0284. The van der Waals surface area contributed by atoms with E-state index in [1.807, 2.05) is 18.2 Å². The molecule has 5 rings (SSSR count). The van der Waals surface area contributed by atoms with E-state index in [1.54, 1.807) is 22.2 Å². The summed E-state index contributed by atoms with van der Waals surface area (Å²) in [4.78, 5) is 20.4. The fourth-order valence-corrected chi connectivity index (χ4v) is 6.02. The molecule has 0 aliphatic carbocycles. The molecule has 4 aromatic heterocycles. The Bertz CT molecular complexity index is 1250. The van der Waals surface area contributed by atoms with Gasteiger partial charge in [0.1, 0.15) is 4.83 Å². The summed E-state index contributed by atoms with van der Waals surface area (Å²) in [5.41, 5.74) is 1.90. The molecular formula is C22H23N3O4S2. The van der Waals surface area contributed by atoms with Crippen LogP contribution in [0.1, 0.15) is 35.9 Å². The van der Waals surface area contributed by atoms with E-state index in [4.69, 9.17) is 18.7 Å². The van der Waals surface area contributed by atoms with Crippen molar-refractivity contribution >= 4 is 33.3 Å². The molecule has 0 amide bonds. The third kappa shape index (κ3) is 3.97. The number of aromatic nitrogens is 3. The van der Waals surface area contributed by atoms with Crippen molar-refractivity contribution in [2.24, 2.45) is 0 Å². The lowest BCUT2D eigenvalue weighted by Crippen LogP contribution is -2.29. The highest BCUT2D eigenvalue weighted by Crippen LogP contribution is 2.31. The molecule has 7 nitrogen and oxygen atoms in total. The predicted octanol–water partition coefficient (Wildman–Crippen LogP) is 5.05. The SMILES string of the molecule is CCc1c(C)sc2nc(SCc3cc(-c4ccco4)on3)n(C[C@H]3CCCO3)c(=O)c12. The molecule has 162 valence electrons. The minimum atomic E-state index is 0.0284. The summed E-state index contributed by atoms with van der Waals surface area (Å²) < 4.78 is 18.4. The third-order valence-corrected chi connectivity index (χ3v) is 7.56. The molecule has 1 atom stereocenters. The Kier molecular flexibility index (Phi) is 5.73. The Morgan fingerprint density at radius 2 is 2.26 bits per heavy atom. The van der Waals surface area contributed by atoms with Gasteiger partial charge in [0, 0.05) is 23.3 Å².